The number of carbonyl (C=O) groups is 1. The van der Waals surface area contributed by atoms with Crippen molar-refractivity contribution in [2.24, 2.45) is 29.1 Å². The number of nitrogens with zero attached hydrogens (tertiary/aromatic N) is 1. The molecule has 8 unspecified atom stereocenters. The van der Waals surface area contributed by atoms with Crippen LogP contribution in [0.25, 0.3) is 0 Å². The Kier molecular flexibility index (Phi) is 4.72. The summed E-state index contributed by atoms with van der Waals surface area (Å²) in [5.41, 5.74) is -1.19. The van der Waals surface area contributed by atoms with Gasteiger partial charge in [-0.25, -0.2) is 13.6 Å². The molecule has 8 atom stereocenters. The van der Waals surface area contributed by atoms with Crippen LogP contribution in [0, 0.1) is 29.1 Å². The van der Waals surface area contributed by atoms with E-state index in [0.29, 0.717) is 18.6 Å². The highest BCUT2D eigenvalue weighted by atomic mass is 19.3. The van der Waals surface area contributed by atoms with Gasteiger partial charge in [-0.05, 0) is 56.3 Å². The minimum absolute atomic E-state index is 0.0330. The number of amides is 1. The van der Waals surface area contributed by atoms with Crippen molar-refractivity contribution >= 4 is 6.09 Å². The third kappa shape index (κ3) is 3.47. The lowest BCUT2D eigenvalue weighted by molar-refractivity contribution is -0.0182. The summed E-state index contributed by atoms with van der Waals surface area (Å²) in [6.07, 6.45) is 4.02. The first kappa shape index (κ1) is 19.4. The van der Waals surface area contributed by atoms with Crippen molar-refractivity contribution in [1.82, 2.24) is 4.90 Å². The van der Waals surface area contributed by atoms with E-state index in [4.69, 9.17) is 9.47 Å². The molecular weight excluding hydrogens is 352 g/mol. The molecular formula is C21H33F2NO3. The fraction of sp³-hybridized carbons (Fsp3) is 0.952. The largest absolute Gasteiger partial charge is 0.449 e. The van der Waals surface area contributed by atoms with E-state index in [9.17, 15) is 13.6 Å². The molecule has 1 aliphatic heterocycles. The first-order valence-electron chi connectivity index (χ1n) is 10.6. The lowest BCUT2D eigenvalue weighted by Gasteiger charge is -2.31. The predicted octanol–water partition coefficient (Wildman–Crippen LogP) is 4.72. The molecule has 6 heteroatoms. The van der Waals surface area contributed by atoms with Gasteiger partial charge in [-0.3, -0.25) is 4.90 Å². The van der Waals surface area contributed by atoms with Crippen molar-refractivity contribution < 1.29 is 23.0 Å². The van der Waals surface area contributed by atoms with Crippen molar-refractivity contribution in [1.29, 1.82) is 0 Å². The van der Waals surface area contributed by atoms with Gasteiger partial charge in [-0.15, -0.1) is 0 Å². The number of halogens is 2. The van der Waals surface area contributed by atoms with Crippen LogP contribution in [-0.2, 0) is 9.47 Å². The summed E-state index contributed by atoms with van der Waals surface area (Å²) in [6, 6.07) is 0.0159. The third-order valence-electron chi connectivity index (χ3n) is 7.92. The topological polar surface area (TPSA) is 38.8 Å². The second-order valence-electron chi connectivity index (χ2n) is 9.99. The number of hydrogen-bond donors (Lipinski definition) is 0. The number of carbonyl (C=O) groups excluding carboxylic acids is 1. The van der Waals surface area contributed by atoms with Crippen molar-refractivity contribution in [2.45, 2.75) is 83.9 Å². The molecule has 0 aromatic heterocycles. The standard InChI is InChI=1S/C21H33F2NO3/c1-12-7-13(2)24(19(25)27-11-20(4)10-21(20,22)23)18(12)9-26-15-5-6-16-14(3)17(16)8-15/h12-18H,5-11H2,1-4H3. The quantitative estimate of drug-likeness (QED) is 0.687. The van der Waals surface area contributed by atoms with Crippen LogP contribution in [-0.4, -0.2) is 48.3 Å². The van der Waals surface area contributed by atoms with Crippen LogP contribution in [0.1, 0.15) is 59.8 Å². The second kappa shape index (κ2) is 6.57. The predicted molar refractivity (Wildman–Crippen MR) is 97.6 cm³/mol. The molecule has 154 valence electrons. The highest BCUT2D eigenvalue weighted by Gasteiger charge is 2.68. The van der Waals surface area contributed by atoms with Gasteiger partial charge in [0, 0.05) is 12.5 Å². The number of alkyl halides is 2. The van der Waals surface area contributed by atoms with Gasteiger partial charge in [0.05, 0.1) is 24.2 Å². The van der Waals surface area contributed by atoms with E-state index < -0.39 is 17.4 Å². The van der Waals surface area contributed by atoms with Gasteiger partial charge in [0.15, 0.2) is 0 Å². The Balaban J connectivity index is 1.31. The minimum Gasteiger partial charge on any atom is -0.449 e. The Morgan fingerprint density at radius 3 is 2.48 bits per heavy atom. The summed E-state index contributed by atoms with van der Waals surface area (Å²) >= 11 is 0. The van der Waals surface area contributed by atoms with E-state index in [-0.39, 0.29) is 25.1 Å². The van der Waals surface area contributed by atoms with Gasteiger partial charge in [-0.1, -0.05) is 20.8 Å². The molecule has 3 aliphatic carbocycles. The van der Waals surface area contributed by atoms with Gasteiger partial charge in [0.25, 0.3) is 5.92 Å². The smallest absolute Gasteiger partial charge is 0.410 e. The van der Waals surface area contributed by atoms with Crippen LogP contribution in [0.4, 0.5) is 13.6 Å². The number of fused-ring (bicyclic) bond motifs is 1. The van der Waals surface area contributed by atoms with Crippen LogP contribution in [0.3, 0.4) is 0 Å². The van der Waals surface area contributed by atoms with E-state index in [2.05, 4.69) is 13.8 Å². The van der Waals surface area contributed by atoms with Crippen LogP contribution < -0.4 is 0 Å². The van der Waals surface area contributed by atoms with Crippen molar-refractivity contribution in [2.75, 3.05) is 13.2 Å². The Labute approximate surface area is 160 Å². The zero-order valence-electron chi connectivity index (χ0n) is 16.9. The van der Waals surface area contributed by atoms with Crippen LogP contribution in [0.15, 0.2) is 0 Å². The summed E-state index contributed by atoms with van der Waals surface area (Å²) < 4.78 is 38.3. The lowest BCUT2D eigenvalue weighted by Crippen LogP contribution is -2.45. The van der Waals surface area contributed by atoms with Crippen molar-refractivity contribution in [3.05, 3.63) is 0 Å². The Morgan fingerprint density at radius 1 is 1.15 bits per heavy atom. The highest BCUT2D eigenvalue weighted by molar-refractivity contribution is 5.69. The minimum atomic E-state index is -2.71. The van der Waals surface area contributed by atoms with E-state index in [0.717, 1.165) is 37.0 Å². The van der Waals surface area contributed by atoms with E-state index in [1.54, 1.807) is 4.90 Å². The monoisotopic (exact) mass is 385 g/mol. The Bertz CT molecular complexity index is 600. The maximum atomic E-state index is 13.4. The van der Waals surface area contributed by atoms with E-state index in [1.807, 2.05) is 6.92 Å². The average Bonchev–Trinajstić information content (AvgIpc) is 3.34. The third-order valence-corrected chi connectivity index (χ3v) is 7.92. The number of hydrogen-bond acceptors (Lipinski definition) is 3. The van der Waals surface area contributed by atoms with Crippen LogP contribution >= 0.6 is 0 Å². The van der Waals surface area contributed by atoms with Crippen LogP contribution in [0.5, 0.6) is 0 Å². The van der Waals surface area contributed by atoms with E-state index >= 15 is 0 Å². The maximum Gasteiger partial charge on any atom is 0.410 e. The Morgan fingerprint density at radius 2 is 1.85 bits per heavy atom. The van der Waals surface area contributed by atoms with Gasteiger partial charge in [0.2, 0.25) is 0 Å². The highest BCUT2D eigenvalue weighted by Crippen LogP contribution is 2.60. The summed E-state index contributed by atoms with van der Waals surface area (Å²) in [7, 11) is 0. The fourth-order valence-corrected chi connectivity index (χ4v) is 5.56. The zero-order chi connectivity index (χ0) is 19.6. The molecule has 4 fully saturated rings. The molecule has 0 aromatic carbocycles. The van der Waals surface area contributed by atoms with E-state index in [1.165, 1.54) is 13.3 Å². The average molecular weight is 385 g/mol. The second-order valence-corrected chi connectivity index (χ2v) is 9.99. The molecule has 0 spiro atoms. The van der Waals surface area contributed by atoms with Gasteiger partial charge in [-0.2, -0.15) is 0 Å². The number of likely N-dealkylation sites (tertiary alicyclic amines) is 1. The first-order valence-corrected chi connectivity index (χ1v) is 10.6. The zero-order valence-corrected chi connectivity index (χ0v) is 16.9. The number of ether oxygens (including phenoxy) is 2. The summed E-state index contributed by atoms with van der Waals surface area (Å²) in [4.78, 5) is 14.4. The molecule has 1 heterocycles. The fourth-order valence-electron chi connectivity index (χ4n) is 5.56. The van der Waals surface area contributed by atoms with Crippen molar-refractivity contribution in [3.8, 4) is 0 Å². The molecule has 4 aliphatic rings. The summed E-state index contributed by atoms with van der Waals surface area (Å²) in [5, 5.41) is 0. The molecule has 4 nitrogen and oxygen atoms in total. The molecule has 1 saturated heterocycles. The number of rotatable bonds is 5. The summed E-state index contributed by atoms with van der Waals surface area (Å²) in [5.74, 6) is 0.187. The van der Waals surface area contributed by atoms with Gasteiger partial charge in [0.1, 0.15) is 6.61 Å². The molecule has 27 heavy (non-hydrogen) atoms. The van der Waals surface area contributed by atoms with Crippen LogP contribution in [0.2, 0.25) is 0 Å². The van der Waals surface area contributed by atoms with Crippen molar-refractivity contribution in [3.63, 3.8) is 0 Å². The molecule has 0 radical (unpaired) electrons. The molecule has 0 bridgehead atoms. The first-order chi connectivity index (χ1) is 12.6. The molecule has 3 saturated carbocycles. The maximum absolute atomic E-state index is 13.4. The molecule has 1 amide bonds. The van der Waals surface area contributed by atoms with Gasteiger partial charge >= 0.3 is 6.09 Å². The molecule has 0 aromatic rings. The Hall–Kier alpha value is -0.910. The molecule has 4 rings (SSSR count). The molecule has 0 N–H and O–H groups in total. The normalized spacial score (nSPS) is 47.5. The SMILES string of the molecule is CC1CC(C)N(C(=O)OCC2(C)CC2(F)F)C1COC1CCC2C(C)C2C1. The lowest BCUT2D eigenvalue weighted by atomic mass is 9.97. The van der Waals surface area contributed by atoms with Gasteiger partial charge < -0.3 is 9.47 Å². The summed E-state index contributed by atoms with van der Waals surface area (Å²) in [6.45, 7) is 8.25.